The highest BCUT2D eigenvalue weighted by Crippen LogP contribution is 2.45. The van der Waals surface area contributed by atoms with Gasteiger partial charge in [-0.25, -0.2) is 19.2 Å². The monoisotopic (exact) mass is 546 g/mol. The molecule has 0 saturated carbocycles. The molecule has 1 atom stereocenters. The van der Waals surface area contributed by atoms with E-state index in [0.29, 0.717) is 40.4 Å². The summed E-state index contributed by atoms with van der Waals surface area (Å²) >= 11 is 0. The van der Waals surface area contributed by atoms with Crippen molar-refractivity contribution in [1.29, 1.82) is 0 Å². The Hall–Kier alpha value is -3.98. The van der Waals surface area contributed by atoms with Gasteiger partial charge in [0.2, 0.25) is 0 Å². The highest BCUT2D eigenvalue weighted by atomic mass is 19.1. The Kier molecular flexibility index (Phi) is 6.82. The molecule has 1 aliphatic heterocycles. The van der Waals surface area contributed by atoms with E-state index < -0.39 is 17.7 Å². The van der Waals surface area contributed by atoms with Gasteiger partial charge in [-0.05, 0) is 88.1 Å². The van der Waals surface area contributed by atoms with E-state index >= 15 is 0 Å². The number of imidazole rings is 1. The van der Waals surface area contributed by atoms with Gasteiger partial charge in [0.1, 0.15) is 23.9 Å². The fraction of sp³-hybridized carbons (Fsp3) is 0.387. The molecule has 2 aromatic heterocycles. The van der Waals surface area contributed by atoms with Crippen LogP contribution >= 0.6 is 0 Å². The quantitative estimate of drug-likeness (QED) is 0.322. The predicted octanol–water partition coefficient (Wildman–Crippen LogP) is 6.14. The summed E-state index contributed by atoms with van der Waals surface area (Å²) in [5, 5.41) is 10.4. The number of carboxylic acid groups (broad SMARTS) is 1. The van der Waals surface area contributed by atoms with E-state index in [2.05, 4.69) is 4.90 Å². The Morgan fingerprint density at radius 1 is 1.10 bits per heavy atom. The van der Waals surface area contributed by atoms with E-state index in [1.54, 1.807) is 13.0 Å². The second-order valence-corrected chi connectivity index (χ2v) is 11.4. The van der Waals surface area contributed by atoms with Crippen LogP contribution in [0.15, 0.2) is 30.3 Å². The van der Waals surface area contributed by atoms with E-state index in [0.717, 1.165) is 40.2 Å². The molecule has 5 rings (SSSR count). The normalized spacial score (nSPS) is 14.3. The Morgan fingerprint density at radius 2 is 1.82 bits per heavy atom. The number of aryl methyl sites for hydroxylation is 2. The second-order valence-electron chi connectivity index (χ2n) is 11.4. The molecule has 0 fully saturated rings. The molecule has 0 aliphatic carbocycles. The zero-order valence-corrected chi connectivity index (χ0v) is 24.2. The Balaban J connectivity index is 1.86. The topological polar surface area (TPSA) is 89.7 Å². The zero-order chi connectivity index (χ0) is 29.1. The van der Waals surface area contributed by atoms with Gasteiger partial charge in [-0.1, -0.05) is 6.07 Å². The van der Waals surface area contributed by atoms with Gasteiger partial charge < -0.3 is 24.0 Å². The number of aromatic nitrogens is 3. The first-order valence-electron chi connectivity index (χ1n) is 13.3. The van der Waals surface area contributed by atoms with Crippen LogP contribution in [0.2, 0.25) is 0 Å². The van der Waals surface area contributed by atoms with Crippen LogP contribution in [0.3, 0.4) is 0 Å². The molecule has 0 unspecified atom stereocenters. The minimum Gasteiger partial charge on any atom is -0.490 e. The standard InChI is InChI=1S/C31H35FN4O4/c1-16-20(10-12-23-27(16)35(7)13-14-39-23)24-17(2)26(29-34-21-11-9-19(32)15-22(21)36(29)8)33-18(3)25(24)28(30(37)38)40-31(4,5)6/h9-12,15,28H,13-14H2,1-8H3,(H,37,38)/t28-/m0/s1. The van der Waals surface area contributed by atoms with Crippen LogP contribution in [0.5, 0.6) is 5.75 Å². The summed E-state index contributed by atoms with van der Waals surface area (Å²) in [7, 11) is 3.85. The first-order valence-corrected chi connectivity index (χ1v) is 13.3. The van der Waals surface area contributed by atoms with Crippen LogP contribution in [0.4, 0.5) is 10.1 Å². The SMILES string of the molecule is Cc1nc(-c2nc3ccc(F)cc3n2C)c(C)c(-c2ccc3c(c2C)N(C)CCO3)c1[C@H](OC(C)(C)C)C(=O)O. The Labute approximate surface area is 233 Å². The fourth-order valence-corrected chi connectivity index (χ4v) is 5.60. The zero-order valence-electron chi connectivity index (χ0n) is 24.2. The number of fused-ring (bicyclic) bond motifs is 2. The number of hydrogen-bond donors (Lipinski definition) is 1. The van der Waals surface area contributed by atoms with Gasteiger partial charge >= 0.3 is 5.97 Å². The third kappa shape index (κ3) is 4.68. The highest BCUT2D eigenvalue weighted by molar-refractivity contribution is 5.89. The van der Waals surface area contributed by atoms with Gasteiger partial charge in [0, 0.05) is 25.4 Å². The summed E-state index contributed by atoms with van der Waals surface area (Å²) in [6, 6.07) is 8.39. The number of nitrogens with zero attached hydrogens (tertiary/aromatic N) is 4. The van der Waals surface area contributed by atoms with E-state index in [-0.39, 0.29) is 5.82 Å². The summed E-state index contributed by atoms with van der Waals surface area (Å²) < 4.78 is 28.0. The molecule has 2 aromatic carbocycles. The second kappa shape index (κ2) is 9.89. The van der Waals surface area contributed by atoms with Gasteiger partial charge in [-0.2, -0.15) is 0 Å². The van der Waals surface area contributed by atoms with Crippen molar-refractivity contribution in [2.45, 2.75) is 53.2 Å². The lowest BCUT2D eigenvalue weighted by molar-refractivity contribution is -0.160. The van der Waals surface area contributed by atoms with Crippen molar-refractivity contribution in [3.05, 3.63) is 58.5 Å². The summed E-state index contributed by atoms with van der Waals surface area (Å²) in [4.78, 5) is 24.6. The number of likely N-dealkylation sites (N-methyl/N-ethyl adjacent to an activating group) is 1. The van der Waals surface area contributed by atoms with E-state index in [9.17, 15) is 14.3 Å². The van der Waals surface area contributed by atoms with Crippen LogP contribution in [0.25, 0.3) is 33.7 Å². The number of pyridine rings is 1. The molecular formula is C31H35FN4O4. The van der Waals surface area contributed by atoms with Gasteiger partial charge in [-0.3, -0.25) is 0 Å². The molecule has 0 saturated heterocycles. The van der Waals surface area contributed by atoms with Crippen molar-refractivity contribution >= 4 is 22.7 Å². The number of halogens is 1. The van der Waals surface area contributed by atoms with Crippen LogP contribution in [-0.4, -0.2) is 51.4 Å². The number of anilines is 1. The molecule has 210 valence electrons. The molecule has 0 amide bonds. The van der Waals surface area contributed by atoms with Crippen LogP contribution in [0.1, 0.15) is 49.3 Å². The van der Waals surface area contributed by atoms with Gasteiger partial charge in [0.15, 0.2) is 11.9 Å². The van der Waals surface area contributed by atoms with Crippen molar-refractivity contribution in [3.63, 3.8) is 0 Å². The number of ether oxygens (including phenoxy) is 2. The molecule has 1 aliphatic rings. The fourth-order valence-electron chi connectivity index (χ4n) is 5.60. The lowest BCUT2D eigenvalue weighted by Gasteiger charge is -2.32. The van der Waals surface area contributed by atoms with Crippen LogP contribution in [0, 0.1) is 26.6 Å². The lowest BCUT2D eigenvalue weighted by Crippen LogP contribution is -2.30. The predicted molar refractivity (Wildman–Crippen MR) is 154 cm³/mol. The number of rotatable bonds is 5. The highest BCUT2D eigenvalue weighted by Gasteiger charge is 2.34. The molecular weight excluding hydrogens is 511 g/mol. The molecule has 9 heteroatoms. The molecule has 40 heavy (non-hydrogen) atoms. The molecule has 0 bridgehead atoms. The van der Waals surface area contributed by atoms with Gasteiger partial charge in [0.25, 0.3) is 0 Å². The number of benzene rings is 2. The van der Waals surface area contributed by atoms with Crippen molar-refractivity contribution < 1.29 is 23.8 Å². The van der Waals surface area contributed by atoms with Crippen molar-refractivity contribution in [2.24, 2.45) is 7.05 Å². The average Bonchev–Trinajstić information content (AvgIpc) is 3.19. The first kappa shape index (κ1) is 27.6. The number of aliphatic carboxylic acids is 1. The van der Waals surface area contributed by atoms with Crippen LogP contribution in [-0.2, 0) is 16.6 Å². The largest absolute Gasteiger partial charge is 0.490 e. The summed E-state index contributed by atoms with van der Waals surface area (Å²) in [6.45, 7) is 12.6. The third-order valence-electron chi connectivity index (χ3n) is 7.41. The Bertz CT molecular complexity index is 1650. The van der Waals surface area contributed by atoms with Crippen molar-refractivity contribution in [2.75, 3.05) is 25.1 Å². The molecule has 3 heterocycles. The molecule has 1 N–H and O–H groups in total. The average molecular weight is 547 g/mol. The minimum atomic E-state index is -1.26. The maximum atomic E-state index is 14.1. The summed E-state index contributed by atoms with van der Waals surface area (Å²) in [6.07, 6.45) is -1.26. The Morgan fingerprint density at radius 3 is 2.50 bits per heavy atom. The van der Waals surface area contributed by atoms with Gasteiger partial charge in [-0.15, -0.1) is 0 Å². The summed E-state index contributed by atoms with van der Waals surface area (Å²) in [5.41, 5.74) is 6.46. The smallest absolute Gasteiger partial charge is 0.337 e. The number of carboxylic acids is 1. The van der Waals surface area contributed by atoms with E-state index in [1.807, 2.05) is 65.4 Å². The van der Waals surface area contributed by atoms with Crippen molar-refractivity contribution in [3.8, 4) is 28.4 Å². The first-order chi connectivity index (χ1) is 18.8. The molecule has 4 aromatic rings. The van der Waals surface area contributed by atoms with Crippen LogP contribution < -0.4 is 9.64 Å². The third-order valence-corrected chi connectivity index (χ3v) is 7.41. The maximum absolute atomic E-state index is 14.1. The lowest BCUT2D eigenvalue weighted by atomic mass is 9.87. The van der Waals surface area contributed by atoms with Gasteiger partial charge in [0.05, 0.1) is 28.9 Å². The number of carbonyl (C=O) groups is 1. The molecule has 0 radical (unpaired) electrons. The number of hydrogen-bond acceptors (Lipinski definition) is 6. The molecule has 0 spiro atoms. The van der Waals surface area contributed by atoms with E-state index in [1.165, 1.54) is 12.1 Å². The van der Waals surface area contributed by atoms with Crippen molar-refractivity contribution in [1.82, 2.24) is 14.5 Å². The maximum Gasteiger partial charge on any atom is 0.337 e. The molecule has 8 nitrogen and oxygen atoms in total. The minimum absolute atomic E-state index is 0.349. The summed E-state index contributed by atoms with van der Waals surface area (Å²) in [5.74, 6) is -0.0897. The van der Waals surface area contributed by atoms with E-state index in [4.69, 9.17) is 19.4 Å².